The Balaban J connectivity index is 1.33. The minimum absolute atomic E-state index is 0.133. The fourth-order valence-corrected chi connectivity index (χ4v) is 6.31. The van der Waals surface area contributed by atoms with Crippen molar-refractivity contribution in [1.82, 2.24) is 4.90 Å². The van der Waals surface area contributed by atoms with Gasteiger partial charge >= 0.3 is 0 Å². The van der Waals surface area contributed by atoms with Gasteiger partial charge in [0.1, 0.15) is 6.04 Å². The summed E-state index contributed by atoms with van der Waals surface area (Å²) in [4.78, 5) is 41.9. The Morgan fingerprint density at radius 2 is 1.53 bits per heavy atom. The summed E-state index contributed by atoms with van der Waals surface area (Å²) < 4.78 is 0. The van der Waals surface area contributed by atoms with Gasteiger partial charge in [0, 0.05) is 17.1 Å². The van der Waals surface area contributed by atoms with Crippen molar-refractivity contribution in [2.24, 2.45) is 35.5 Å². The van der Waals surface area contributed by atoms with E-state index in [0.29, 0.717) is 22.5 Å². The maximum Gasteiger partial charge on any atom is 0.248 e. The third kappa shape index (κ3) is 3.02. The number of likely N-dealkylation sites (tertiary alicyclic amines) is 1. The van der Waals surface area contributed by atoms with Gasteiger partial charge in [-0.15, -0.1) is 0 Å². The summed E-state index contributed by atoms with van der Waals surface area (Å²) in [6.45, 7) is 0. The standard InChI is InChI=1S/C26H23ClN2O3/c27-15-6-8-16(9-7-15)28-24(30)21(12-14-4-2-1-3-5-14)29-25(31)22-17-10-11-18(20-13-19(17)20)23(22)26(29)32/h1-11,17-23H,12-13H2,(H,28,30)/t17-,18-,19-,20-,21-,22+,23+/m0/s1. The van der Waals surface area contributed by atoms with Gasteiger partial charge in [0.15, 0.2) is 0 Å². The predicted octanol–water partition coefficient (Wildman–Crippen LogP) is 3.94. The zero-order chi connectivity index (χ0) is 22.0. The Kier molecular flexibility index (Phi) is 4.51. The summed E-state index contributed by atoms with van der Waals surface area (Å²) in [7, 11) is 0. The van der Waals surface area contributed by atoms with Crippen molar-refractivity contribution in [3.63, 3.8) is 0 Å². The van der Waals surface area contributed by atoms with Gasteiger partial charge in [0.05, 0.1) is 11.8 Å². The van der Waals surface area contributed by atoms with Gasteiger partial charge < -0.3 is 5.32 Å². The highest BCUT2D eigenvalue weighted by Crippen LogP contribution is 2.65. The molecule has 2 bridgehead atoms. The smallest absolute Gasteiger partial charge is 0.248 e. The second-order valence-corrected chi connectivity index (χ2v) is 9.84. The number of imide groups is 1. The van der Waals surface area contributed by atoms with E-state index in [0.717, 1.165) is 12.0 Å². The number of nitrogens with one attached hydrogen (secondary N) is 1. The Morgan fingerprint density at radius 1 is 0.938 bits per heavy atom. The minimum Gasteiger partial charge on any atom is -0.324 e. The number of carbonyl (C=O) groups is 3. The third-order valence-corrected chi connectivity index (χ3v) is 7.95. The summed E-state index contributed by atoms with van der Waals surface area (Å²) in [5.41, 5.74) is 1.49. The third-order valence-electron chi connectivity index (χ3n) is 7.69. The summed E-state index contributed by atoms with van der Waals surface area (Å²) in [5.74, 6) is -0.0420. The molecule has 2 saturated carbocycles. The summed E-state index contributed by atoms with van der Waals surface area (Å²) in [6.07, 6.45) is 5.69. The van der Waals surface area contributed by atoms with Crippen molar-refractivity contribution in [3.8, 4) is 0 Å². The van der Waals surface area contributed by atoms with Crippen LogP contribution >= 0.6 is 11.6 Å². The maximum absolute atomic E-state index is 13.6. The largest absolute Gasteiger partial charge is 0.324 e. The van der Waals surface area contributed by atoms with E-state index in [4.69, 9.17) is 11.6 Å². The van der Waals surface area contributed by atoms with Gasteiger partial charge in [-0.1, -0.05) is 54.1 Å². The lowest BCUT2D eigenvalue weighted by atomic mass is 9.63. The molecule has 0 unspecified atom stereocenters. The first-order chi connectivity index (χ1) is 15.5. The number of anilines is 1. The summed E-state index contributed by atoms with van der Waals surface area (Å²) in [5, 5.41) is 3.45. The van der Waals surface area contributed by atoms with Crippen LogP contribution in [0.1, 0.15) is 12.0 Å². The number of carbonyl (C=O) groups excluding carboxylic acids is 3. The molecule has 5 aliphatic rings. The highest BCUT2D eigenvalue weighted by atomic mass is 35.5. The fourth-order valence-electron chi connectivity index (χ4n) is 6.18. The van der Waals surface area contributed by atoms with Crippen LogP contribution in [0.3, 0.4) is 0 Å². The van der Waals surface area contributed by atoms with Gasteiger partial charge in [-0.05, 0) is 59.9 Å². The van der Waals surface area contributed by atoms with E-state index >= 15 is 0 Å². The quantitative estimate of drug-likeness (QED) is 0.558. The zero-order valence-electron chi connectivity index (χ0n) is 17.4. The number of benzene rings is 2. The molecular weight excluding hydrogens is 424 g/mol. The van der Waals surface area contributed by atoms with Crippen molar-refractivity contribution >= 4 is 35.0 Å². The molecular formula is C26H23ClN2O3. The maximum atomic E-state index is 13.6. The second-order valence-electron chi connectivity index (χ2n) is 9.40. The molecule has 0 radical (unpaired) electrons. The van der Waals surface area contributed by atoms with E-state index < -0.39 is 6.04 Å². The molecule has 7 rings (SSSR count). The first-order valence-corrected chi connectivity index (χ1v) is 11.6. The molecule has 2 aromatic carbocycles. The summed E-state index contributed by atoms with van der Waals surface area (Å²) >= 11 is 5.96. The van der Waals surface area contributed by atoms with Crippen LogP contribution in [0.15, 0.2) is 66.7 Å². The number of amides is 3. The van der Waals surface area contributed by atoms with Crippen molar-refractivity contribution in [2.75, 3.05) is 5.32 Å². The van der Waals surface area contributed by atoms with E-state index in [1.807, 2.05) is 30.3 Å². The predicted molar refractivity (Wildman–Crippen MR) is 121 cm³/mol. The van der Waals surface area contributed by atoms with Crippen molar-refractivity contribution in [3.05, 3.63) is 77.3 Å². The Hall–Kier alpha value is -2.92. The summed E-state index contributed by atoms with van der Waals surface area (Å²) in [6, 6.07) is 15.5. The van der Waals surface area contributed by atoms with Crippen molar-refractivity contribution < 1.29 is 14.4 Å². The van der Waals surface area contributed by atoms with E-state index in [1.54, 1.807) is 24.3 Å². The number of allylic oxidation sites excluding steroid dienone is 2. The van der Waals surface area contributed by atoms with Crippen LogP contribution in [0, 0.1) is 35.5 Å². The molecule has 0 aromatic heterocycles. The highest BCUT2D eigenvalue weighted by Gasteiger charge is 2.67. The van der Waals surface area contributed by atoms with Crippen LogP contribution in [0.5, 0.6) is 0 Å². The Morgan fingerprint density at radius 3 is 2.12 bits per heavy atom. The first-order valence-electron chi connectivity index (χ1n) is 11.2. The van der Waals surface area contributed by atoms with E-state index in [9.17, 15) is 14.4 Å². The first kappa shape index (κ1) is 19.7. The lowest BCUT2D eigenvalue weighted by Gasteiger charge is -2.37. The molecule has 7 atom stereocenters. The highest BCUT2D eigenvalue weighted by molar-refractivity contribution is 6.30. The van der Waals surface area contributed by atoms with E-state index in [1.165, 1.54) is 4.90 Å². The number of hydrogen-bond acceptors (Lipinski definition) is 3. The van der Waals surface area contributed by atoms with E-state index in [2.05, 4.69) is 17.5 Å². The molecule has 4 aliphatic carbocycles. The van der Waals surface area contributed by atoms with Crippen LogP contribution in [-0.2, 0) is 20.8 Å². The molecule has 3 amide bonds. The van der Waals surface area contributed by atoms with Gasteiger partial charge in [0.2, 0.25) is 17.7 Å². The average molecular weight is 447 g/mol. The minimum atomic E-state index is -0.894. The van der Waals surface area contributed by atoms with E-state index in [-0.39, 0.29) is 47.8 Å². The Bertz CT molecular complexity index is 1090. The molecule has 3 fully saturated rings. The lowest BCUT2D eigenvalue weighted by Crippen LogP contribution is -2.49. The number of halogens is 1. The van der Waals surface area contributed by atoms with Crippen LogP contribution in [0.2, 0.25) is 5.02 Å². The van der Waals surface area contributed by atoms with Gasteiger partial charge in [-0.2, -0.15) is 0 Å². The normalized spacial score (nSPS) is 32.5. The number of rotatable bonds is 5. The van der Waals surface area contributed by atoms with Gasteiger partial charge in [-0.3, -0.25) is 19.3 Å². The van der Waals surface area contributed by atoms with Crippen molar-refractivity contribution in [1.29, 1.82) is 0 Å². The topological polar surface area (TPSA) is 66.5 Å². The van der Waals surface area contributed by atoms with Crippen LogP contribution in [0.25, 0.3) is 0 Å². The SMILES string of the molecule is O=C(Nc1ccc(Cl)cc1)[C@H](Cc1ccccc1)N1C(=O)[C@@H]2[C@H]3C=C[C@@H]([C@@H]4C[C@@H]34)[C@H]2C1=O. The van der Waals surface area contributed by atoms with Gasteiger partial charge in [-0.25, -0.2) is 0 Å². The zero-order valence-corrected chi connectivity index (χ0v) is 18.1. The fraction of sp³-hybridized carbons (Fsp3) is 0.346. The second kappa shape index (κ2) is 7.31. The molecule has 1 N–H and O–H groups in total. The van der Waals surface area contributed by atoms with Crippen molar-refractivity contribution in [2.45, 2.75) is 18.9 Å². The molecule has 162 valence electrons. The van der Waals surface area contributed by atoms with Crippen LogP contribution < -0.4 is 5.32 Å². The van der Waals surface area contributed by atoms with Crippen LogP contribution in [-0.4, -0.2) is 28.7 Å². The van der Waals surface area contributed by atoms with Crippen LogP contribution in [0.4, 0.5) is 5.69 Å². The number of hydrogen-bond donors (Lipinski definition) is 1. The molecule has 32 heavy (non-hydrogen) atoms. The number of nitrogens with zero attached hydrogens (tertiary/aromatic N) is 1. The molecule has 5 nitrogen and oxygen atoms in total. The molecule has 6 heteroatoms. The molecule has 1 saturated heterocycles. The molecule has 1 heterocycles. The molecule has 0 spiro atoms. The lowest BCUT2D eigenvalue weighted by molar-refractivity contribution is -0.146. The molecule has 2 aromatic rings. The average Bonchev–Trinajstić information content (AvgIpc) is 3.58. The molecule has 1 aliphatic heterocycles. The van der Waals surface area contributed by atoms with Gasteiger partial charge in [0.25, 0.3) is 0 Å². The monoisotopic (exact) mass is 446 g/mol. The Labute approximate surface area is 191 Å².